The summed E-state index contributed by atoms with van der Waals surface area (Å²) in [4.78, 5) is 34.4. The normalized spacial score (nSPS) is 19.2. The molecule has 1 N–H and O–H groups in total. The Hall–Kier alpha value is -3.90. The van der Waals surface area contributed by atoms with E-state index in [0.29, 0.717) is 12.6 Å². The lowest BCUT2D eigenvalue weighted by molar-refractivity contribution is -0.125. The van der Waals surface area contributed by atoms with Crippen LogP contribution in [0.1, 0.15) is 78.4 Å². The molecule has 0 unspecified atom stereocenters. The van der Waals surface area contributed by atoms with Gasteiger partial charge in [0.15, 0.2) is 0 Å². The van der Waals surface area contributed by atoms with Gasteiger partial charge in [0.1, 0.15) is 5.41 Å². The second-order valence-electron chi connectivity index (χ2n) is 13.3. The van der Waals surface area contributed by atoms with Crippen molar-refractivity contribution in [3.63, 3.8) is 0 Å². The number of unbranched alkanes of at least 4 members (excludes halogenated alkanes) is 1. The highest BCUT2D eigenvalue weighted by molar-refractivity contribution is 6.01. The molecule has 0 atom stereocenters. The number of piperazine rings is 1. The van der Waals surface area contributed by atoms with Crippen molar-refractivity contribution in [3.8, 4) is 11.1 Å². The third-order valence-electron chi connectivity index (χ3n) is 10.8. The van der Waals surface area contributed by atoms with E-state index in [-0.39, 0.29) is 11.8 Å². The summed E-state index contributed by atoms with van der Waals surface area (Å²) < 4.78 is 0. The van der Waals surface area contributed by atoms with Gasteiger partial charge in [0.2, 0.25) is 5.91 Å². The van der Waals surface area contributed by atoms with Crippen LogP contribution in [0.5, 0.6) is 0 Å². The van der Waals surface area contributed by atoms with Crippen molar-refractivity contribution in [3.05, 3.63) is 102 Å². The van der Waals surface area contributed by atoms with E-state index >= 15 is 0 Å². The number of carbonyl (C=O) groups excluding carboxylic acids is 2. The van der Waals surface area contributed by atoms with E-state index in [1.807, 2.05) is 0 Å². The van der Waals surface area contributed by atoms with Gasteiger partial charge in [0.25, 0.3) is 5.91 Å². The molecule has 1 saturated heterocycles. The lowest BCUT2D eigenvalue weighted by Gasteiger charge is -2.36. The Bertz CT molecular complexity index is 1520. The SMILES string of the molecule is C=CCNC(=O)C1(CCCCN2CCN(c3ccc4c(c3)C(=O)N(C3CCCCC3)C4)CC2)c2ccccc2-c2ccccc21. The fourth-order valence-electron chi connectivity index (χ4n) is 8.42. The average Bonchev–Trinajstić information content (AvgIpc) is 3.58. The zero-order chi connectivity index (χ0) is 30.8. The highest BCUT2D eigenvalue weighted by Crippen LogP contribution is 2.51. The molecule has 4 aliphatic rings. The quantitative estimate of drug-likeness (QED) is 0.212. The molecule has 0 bridgehead atoms. The molecular formula is C39H46N4O2. The second-order valence-corrected chi connectivity index (χ2v) is 13.3. The van der Waals surface area contributed by atoms with Crippen LogP contribution in [0.4, 0.5) is 5.69 Å². The minimum atomic E-state index is -0.674. The lowest BCUT2D eigenvalue weighted by atomic mass is 9.73. The number of anilines is 1. The second kappa shape index (κ2) is 12.8. The van der Waals surface area contributed by atoms with Crippen molar-refractivity contribution < 1.29 is 9.59 Å². The van der Waals surface area contributed by atoms with Gasteiger partial charge < -0.3 is 15.1 Å². The molecule has 6 heteroatoms. The molecule has 0 spiro atoms. The Morgan fingerprint density at radius 1 is 0.867 bits per heavy atom. The van der Waals surface area contributed by atoms with Gasteiger partial charge in [-0.25, -0.2) is 0 Å². The van der Waals surface area contributed by atoms with Gasteiger partial charge in [-0.3, -0.25) is 14.5 Å². The van der Waals surface area contributed by atoms with Crippen LogP contribution in [-0.2, 0) is 16.8 Å². The number of amides is 2. The van der Waals surface area contributed by atoms with Crippen LogP contribution >= 0.6 is 0 Å². The first-order chi connectivity index (χ1) is 22.1. The maximum atomic E-state index is 13.9. The summed E-state index contributed by atoms with van der Waals surface area (Å²) in [5, 5.41) is 3.15. The van der Waals surface area contributed by atoms with Crippen molar-refractivity contribution in [2.75, 3.05) is 44.2 Å². The van der Waals surface area contributed by atoms with Gasteiger partial charge in [-0.05, 0) is 72.2 Å². The Labute approximate surface area is 268 Å². The predicted octanol–water partition coefficient (Wildman–Crippen LogP) is 6.54. The molecule has 2 aliphatic heterocycles. The first kappa shape index (κ1) is 29.8. The van der Waals surface area contributed by atoms with E-state index in [4.69, 9.17) is 0 Å². The zero-order valence-corrected chi connectivity index (χ0v) is 26.5. The number of benzene rings is 3. The molecular weight excluding hydrogens is 556 g/mol. The van der Waals surface area contributed by atoms with Crippen molar-refractivity contribution in [2.24, 2.45) is 0 Å². The van der Waals surface area contributed by atoms with Crippen LogP contribution in [0, 0.1) is 0 Å². The molecule has 2 fully saturated rings. The Kier molecular flexibility index (Phi) is 8.50. The van der Waals surface area contributed by atoms with Gasteiger partial charge in [0, 0.05) is 56.6 Å². The van der Waals surface area contributed by atoms with Crippen LogP contribution in [-0.4, -0.2) is 66.9 Å². The summed E-state index contributed by atoms with van der Waals surface area (Å²) in [6, 6.07) is 23.8. The van der Waals surface area contributed by atoms with Gasteiger partial charge >= 0.3 is 0 Å². The fraction of sp³-hybridized carbons (Fsp3) is 0.436. The fourth-order valence-corrected chi connectivity index (χ4v) is 8.42. The smallest absolute Gasteiger partial charge is 0.254 e. The van der Waals surface area contributed by atoms with Crippen molar-refractivity contribution in [1.29, 1.82) is 0 Å². The van der Waals surface area contributed by atoms with E-state index in [9.17, 15) is 9.59 Å². The average molecular weight is 603 g/mol. The van der Waals surface area contributed by atoms with Gasteiger partial charge in [-0.15, -0.1) is 6.58 Å². The van der Waals surface area contributed by atoms with E-state index in [0.717, 1.165) is 88.1 Å². The Balaban J connectivity index is 0.962. The summed E-state index contributed by atoms with van der Waals surface area (Å²) in [5.41, 5.74) is 7.20. The molecule has 7 rings (SSSR count). The van der Waals surface area contributed by atoms with E-state index < -0.39 is 5.41 Å². The summed E-state index contributed by atoms with van der Waals surface area (Å²) in [6.07, 6.45) is 10.6. The first-order valence-corrected chi connectivity index (χ1v) is 17.1. The van der Waals surface area contributed by atoms with Gasteiger partial charge in [-0.1, -0.05) is 86.4 Å². The van der Waals surface area contributed by atoms with Crippen LogP contribution in [0.15, 0.2) is 79.4 Å². The molecule has 234 valence electrons. The number of rotatable bonds is 10. The number of carbonyl (C=O) groups is 2. The number of fused-ring (bicyclic) bond motifs is 4. The summed E-state index contributed by atoms with van der Waals surface area (Å²) in [5.74, 6) is 0.309. The molecule has 3 aromatic carbocycles. The van der Waals surface area contributed by atoms with Crippen LogP contribution in [0.25, 0.3) is 11.1 Å². The number of nitrogens with one attached hydrogen (secondary N) is 1. The highest BCUT2D eigenvalue weighted by Gasteiger charge is 2.48. The molecule has 0 aromatic heterocycles. The zero-order valence-electron chi connectivity index (χ0n) is 26.5. The van der Waals surface area contributed by atoms with Crippen molar-refractivity contribution in [2.45, 2.75) is 69.4 Å². The van der Waals surface area contributed by atoms with E-state index in [1.165, 1.54) is 41.6 Å². The monoisotopic (exact) mass is 602 g/mol. The van der Waals surface area contributed by atoms with E-state index in [1.54, 1.807) is 6.08 Å². The van der Waals surface area contributed by atoms with Crippen molar-refractivity contribution in [1.82, 2.24) is 15.1 Å². The molecule has 3 aromatic rings. The molecule has 45 heavy (non-hydrogen) atoms. The molecule has 2 amide bonds. The minimum Gasteiger partial charge on any atom is -0.369 e. The third-order valence-corrected chi connectivity index (χ3v) is 10.8. The Morgan fingerprint density at radius 2 is 1.56 bits per heavy atom. The lowest BCUT2D eigenvalue weighted by Crippen LogP contribution is -2.47. The molecule has 1 saturated carbocycles. The molecule has 2 heterocycles. The molecule has 0 radical (unpaired) electrons. The summed E-state index contributed by atoms with van der Waals surface area (Å²) >= 11 is 0. The molecule has 6 nitrogen and oxygen atoms in total. The number of nitrogens with zero attached hydrogens (tertiary/aromatic N) is 3. The number of hydrogen-bond acceptors (Lipinski definition) is 4. The maximum Gasteiger partial charge on any atom is 0.254 e. The van der Waals surface area contributed by atoms with Crippen molar-refractivity contribution >= 4 is 17.5 Å². The molecule has 2 aliphatic carbocycles. The standard InChI is InChI=1S/C39H46N4O2/c1-2-21-40-38(45)39(35-16-8-6-14-32(35)33-15-7-9-17-36(33)39)20-10-11-22-41-23-25-42(26-24-41)31-19-18-29-28-43(37(44)34(29)27-31)30-12-4-3-5-13-30/h2,6-9,14-19,27,30H,1,3-5,10-13,20-26,28H2,(H,40,45). The highest BCUT2D eigenvalue weighted by atomic mass is 16.2. The topological polar surface area (TPSA) is 55.9 Å². The maximum absolute atomic E-state index is 13.9. The van der Waals surface area contributed by atoms with E-state index in [2.05, 4.69) is 93.3 Å². The number of hydrogen-bond donors (Lipinski definition) is 1. The van der Waals surface area contributed by atoms with Crippen LogP contribution in [0.3, 0.4) is 0 Å². The summed E-state index contributed by atoms with van der Waals surface area (Å²) in [7, 11) is 0. The minimum absolute atomic E-state index is 0.0723. The largest absolute Gasteiger partial charge is 0.369 e. The Morgan fingerprint density at radius 3 is 2.24 bits per heavy atom. The van der Waals surface area contributed by atoms with Gasteiger partial charge in [-0.2, -0.15) is 0 Å². The summed E-state index contributed by atoms with van der Waals surface area (Å²) in [6.45, 7) is 10.0. The van der Waals surface area contributed by atoms with Gasteiger partial charge in [0.05, 0.1) is 0 Å². The first-order valence-electron chi connectivity index (χ1n) is 17.1. The third kappa shape index (κ3) is 5.48. The predicted molar refractivity (Wildman–Crippen MR) is 182 cm³/mol. The van der Waals surface area contributed by atoms with Crippen LogP contribution < -0.4 is 10.2 Å². The van der Waals surface area contributed by atoms with Crippen LogP contribution in [0.2, 0.25) is 0 Å².